The number of likely N-dealkylation sites (N-methyl/N-ethyl adjacent to an activating group) is 1. The molecule has 0 aromatic heterocycles. The molecule has 0 saturated heterocycles. The van der Waals surface area contributed by atoms with E-state index in [1.807, 2.05) is 7.05 Å². The molecule has 94 valence electrons. The first-order valence-corrected chi connectivity index (χ1v) is 6.58. The van der Waals surface area contributed by atoms with Crippen LogP contribution in [0.3, 0.4) is 0 Å². The van der Waals surface area contributed by atoms with Crippen LogP contribution >= 0.6 is 0 Å². The van der Waals surface area contributed by atoms with Crippen molar-refractivity contribution in [3.63, 3.8) is 0 Å². The van der Waals surface area contributed by atoms with Gasteiger partial charge >= 0.3 is 5.97 Å². The van der Waals surface area contributed by atoms with Crippen molar-refractivity contribution in [3.8, 4) is 0 Å². The second kappa shape index (κ2) is 6.24. The van der Waals surface area contributed by atoms with E-state index in [1.54, 1.807) is 0 Å². The average molecular weight is 227 g/mol. The molecule has 0 bridgehead atoms. The molecule has 1 saturated carbocycles. The molecule has 0 heterocycles. The third-order valence-corrected chi connectivity index (χ3v) is 3.91. The van der Waals surface area contributed by atoms with Crippen molar-refractivity contribution in [3.05, 3.63) is 0 Å². The minimum atomic E-state index is -0.619. The van der Waals surface area contributed by atoms with Gasteiger partial charge in [-0.25, -0.2) is 0 Å². The molecule has 1 rings (SSSR count). The smallest absolute Gasteiger partial charge is 0.324 e. The van der Waals surface area contributed by atoms with Gasteiger partial charge in [0.1, 0.15) is 5.54 Å². The quantitative estimate of drug-likeness (QED) is 0.709. The van der Waals surface area contributed by atoms with E-state index in [2.05, 4.69) is 11.8 Å². The first-order chi connectivity index (χ1) is 7.63. The highest BCUT2D eigenvalue weighted by atomic mass is 16.4. The Balaban J connectivity index is 2.57. The maximum Gasteiger partial charge on any atom is 0.324 e. The summed E-state index contributed by atoms with van der Waals surface area (Å²) in [5.41, 5.74) is -0.564. The fraction of sp³-hybridized carbons (Fsp3) is 0.923. The fourth-order valence-electron chi connectivity index (χ4n) is 2.71. The average Bonchev–Trinajstić information content (AvgIpc) is 2.30. The van der Waals surface area contributed by atoms with Crippen molar-refractivity contribution in [1.82, 2.24) is 4.90 Å². The Labute approximate surface area is 98.8 Å². The van der Waals surface area contributed by atoms with Crippen molar-refractivity contribution in [2.45, 2.75) is 63.8 Å². The van der Waals surface area contributed by atoms with Crippen molar-refractivity contribution >= 4 is 5.97 Å². The molecule has 0 unspecified atom stereocenters. The largest absolute Gasteiger partial charge is 0.480 e. The third kappa shape index (κ3) is 2.97. The lowest BCUT2D eigenvalue weighted by atomic mass is 9.80. The summed E-state index contributed by atoms with van der Waals surface area (Å²) in [6.45, 7) is 3.09. The number of hydrogen-bond donors (Lipinski definition) is 1. The normalized spacial score (nSPS) is 19.9. The van der Waals surface area contributed by atoms with Gasteiger partial charge in [0, 0.05) is 0 Å². The van der Waals surface area contributed by atoms with Crippen molar-refractivity contribution in [2.24, 2.45) is 0 Å². The molecule has 0 atom stereocenters. The Morgan fingerprint density at radius 3 is 2.38 bits per heavy atom. The van der Waals surface area contributed by atoms with Crippen LogP contribution in [0.2, 0.25) is 0 Å². The molecular formula is C13H25NO2. The Hall–Kier alpha value is -0.570. The van der Waals surface area contributed by atoms with Gasteiger partial charge in [0.15, 0.2) is 0 Å². The molecule has 1 N–H and O–H groups in total. The lowest BCUT2D eigenvalue weighted by molar-refractivity contribution is -0.153. The highest BCUT2D eigenvalue weighted by Gasteiger charge is 2.42. The molecule has 3 heteroatoms. The summed E-state index contributed by atoms with van der Waals surface area (Å²) >= 11 is 0. The molecule has 1 aliphatic rings. The highest BCUT2D eigenvalue weighted by Crippen LogP contribution is 2.33. The van der Waals surface area contributed by atoms with Gasteiger partial charge in [-0.2, -0.15) is 0 Å². The van der Waals surface area contributed by atoms with E-state index in [0.29, 0.717) is 0 Å². The maximum absolute atomic E-state index is 11.5. The first-order valence-electron chi connectivity index (χ1n) is 6.58. The number of unbranched alkanes of at least 4 members (excludes halogenated alkanes) is 2. The molecule has 0 aliphatic heterocycles. The van der Waals surface area contributed by atoms with Crippen LogP contribution in [-0.4, -0.2) is 35.1 Å². The van der Waals surface area contributed by atoms with Crippen molar-refractivity contribution in [1.29, 1.82) is 0 Å². The van der Waals surface area contributed by atoms with E-state index in [1.165, 1.54) is 19.3 Å². The molecule has 0 aromatic rings. The van der Waals surface area contributed by atoms with Crippen LogP contribution in [0, 0.1) is 0 Å². The monoisotopic (exact) mass is 227 g/mol. The SMILES string of the molecule is CCCCCN(C)C1(C(=O)O)CCCCC1. The summed E-state index contributed by atoms with van der Waals surface area (Å²) in [7, 11) is 1.98. The van der Waals surface area contributed by atoms with E-state index in [9.17, 15) is 9.90 Å². The van der Waals surface area contributed by atoms with Crippen LogP contribution in [0.25, 0.3) is 0 Å². The van der Waals surface area contributed by atoms with Crippen molar-refractivity contribution < 1.29 is 9.90 Å². The maximum atomic E-state index is 11.5. The number of rotatable bonds is 6. The van der Waals surface area contributed by atoms with Gasteiger partial charge in [-0.1, -0.05) is 39.0 Å². The summed E-state index contributed by atoms with van der Waals surface area (Å²) < 4.78 is 0. The predicted molar refractivity (Wildman–Crippen MR) is 65.6 cm³/mol. The van der Waals surface area contributed by atoms with Gasteiger partial charge in [0.25, 0.3) is 0 Å². The molecule has 0 radical (unpaired) electrons. The number of hydrogen-bond acceptors (Lipinski definition) is 2. The summed E-state index contributed by atoms with van der Waals surface area (Å²) in [6.07, 6.45) is 8.46. The zero-order valence-electron chi connectivity index (χ0n) is 10.7. The van der Waals surface area contributed by atoms with Crippen LogP contribution in [-0.2, 0) is 4.79 Å². The third-order valence-electron chi connectivity index (χ3n) is 3.91. The minimum Gasteiger partial charge on any atom is -0.480 e. The number of carboxylic acid groups (broad SMARTS) is 1. The molecule has 16 heavy (non-hydrogen) atoms. The Bertz CT molecular complexity index is 222. The molecule has 1 fully saturated rings. The number of aliphatic carboxylic acids is 1. The molecule has 1 aliphatic carbocycles. The standard InChI is InChI=1S/C13H25NO2/c1-3-4-8-11-14(2)13(12(15)16)9-6-5-7-10-13/h3-11H2,1-2H3,(H,15,16). The van der Waals surface area contributed by atoms with Crippen LogP contribution in [0.1, 0.15) is 58.3 Å². The van der Waals surface area contributed by atoms with Crippen molar-refractivity contribution in [2.75, 3.05) is 13.6 Å². The molecule has 3 nitrogen and oxygen atoms in total. The van der Waals surface area contributed by atoms with E-state index >= 15 is 0 Å². The van der Waals surface area contributed by atoms with Gasteiger partial charge < -0.3 is 5.11 Å². The van der Waals surface area contributed by atoms with Gasteiger partial charge in [-0.3, -0.25) is 9.69 Å². The summed E-state index contributed by atoms with van der Waals surface area (Å²) in [4.78, 5) is 13.6. The lowest BCUT2D eigenvalue weighted by Crippen LogP contribution is -2.54. The van der Waals surface area contributed by atoms with Gasteiger partial charge in [-0.05, 0) is 32.9 Å². The van der Waals surface area contributed by atoms with Crippen LogP contribution in [0.4, 0.5) is 0 Å². The zero-order valence-corrected chi connectivity index (χ0v) is 10.7. The van der Waals surface area contributed by atoms with Crippen LogP contribution in [0.15, 0.2) is 0 Å². The van der Waals surface area contributed by atoms with E-state index in [0.717, 1.165) is 38.6 Å². The molecule has 0 aromatic carbocycles. The molecular weight excluding hydrogens is 202 g/mol. The Kier molecular flexibility index (Phi) is 5.26. The Morgan fingerprint density at radius 1 is 1.25 bits per heavy atom. The number of carbonyl (C=O) groups is 1. The van der Waals surface area contributed by atoms with Crippen LogP contribution in [0.5, 0.6) is 0 Å². The fourth-order valence-corrected chi connectivity index (χ4v) is 2.71. The summed E-state index contributed by atoms with van der Waals surface area (Å²) in [5.74, 6) is -0.619. The van der Waals surface area contributed by atoms with Gasteiger partial charge in [0.05, 0.1) is 0 Å². The summed E-state index contributed by atoms with van der Waals surface area (Å²) in [6, 6.07) is 0. The van der Waals surface area contributed by atoms with Gasteiger partial charge in [-0.15, -0.1) is 0 Å². The predicted octanol–water partition coefficient (Wildman–Crippen LogP) is 2.90. The van der Waals surface area contributed by atoms with Gasteiger partial charge in [0.2, 0.25) is 0 Å². The molecule has 0 spiro atoms. The summed E-state index contributed by atoms with van der Waals surface area (Å²) in [5, 5.41) is 9.47. The van der Waals surface area contributed by atoms with E-state index < -0.39 is 11.5 Å². The first kappa shape index (κ1) is 13.5. The van der Waals surface area contributed by atoms with Crippen LogP contribution < -0.4 is 0 Å². The number of nitrogens with zero attached hydrogens (tertiary/aromatic N) is 1. The second-order valence-corrected chi connectivity index (χ2v) is 5.03. The zero-order chi connectivity index (χ0) is 12.0. The van der Waals surface area contributed by atoms with E-state index in [4.69, 9.17) is 0 Å². The van der Waals surface area contributed by atoms with E-state index in [-0.39, 0.29) is 0 Å². The lowest BCUT2D eigenvalue weighted by Gasteiger charge is -2.41. The Morgan fingerprint density at radius 2 is 1.88 bits per heavy atom. The number of carboxylic acids is 1. The minimum absolute atomic E-state index is 0.564. The molecule has 0 amide bonds. The second-order valence-electron chi connectivity index (χ2n) is 5.03. The topological polar surface area (TPSA) is 40.5 Å². The highest BCUT2D eigenvalue weighted by molar-refractivity contribution is 5.78.